The first-order chi connectivity index (χ1) is 16.0. The Hall–Kier alpha value is -1.04. The first kappa shape index (κ1) is 36.0. The molecule has 0 aliphatic heterocycles. The molecule has 0 atom stereocenters. The van der Waals surface area contributed by atoms with Gasteiger partial charge in [-0.2, -0.15) is 74.6 Å². The maximum atomic E-state index is 13.7. The number of hydrogen-bond acceptors (Lipinski definition) is 1. The minimum absolute atomic E-state index is 0.0188. The highest BCUT2D eigenvalue weighted by Gasteiger charge is 2.95. The second kappa shape index (κ2) is 10.8. The van der Waals surface area contributed by atoms with Crippen LogP contribution in [-0.4, -0.2) is 63.6 Å². The lowest BCUT2D eigenvalue weighted by atomic mass is 9.87. The molecule has 0 radical (unpaired) electrons. The van der Waals surface area contributed by atoms with Crippen LogP contribution in [-0.2, 0) is 4.57 Å². The van der Waals surface area contributed by atoms with Crippen LogP contribution in [0.3, 0.4) is 0 Å². The molecule has 0 aromatic heterocycles. The zero-order valence-corrected chi connectivity index (χ0v) is 18.7. The normalized spacial score (nSPS) is 15.9. The molecule has 0 rings (SSSR count). The van der Waals surface area contributed by atoms with Crippen LogP contribution in [0.2, 0.25) is 0 Å². The maximum absolute atomic E-state index is 13.7. The van der Waals surface area contributed by atoms with E-state index in [1.165, 1.54) is 0 Å². The molecule has 0 aromatic carbocycles. The highest BCUT2D eigenvalue weighted by Crippen LogP contribution is 2.64. The fraction of sp³-hybridized carbons (Fsp3) is 1.00. The van der Waals surface area contributed by atoms with Crippen molar-refractivity contribution in [2.45, 2.75) is 92.6 Å². The summed E-state index contributed by atoms with van der Waals surface area (Å²) in [4.78, 5) is 17.2. The molecule has 2 N–H and O–H groups in total. The Morgan fingerprint density at radius 1 is 0.432 bits per heavy atom. The van der Waals surface area contributed by atoms with Gasteiger partial charge in [-0.3, -0.25) is 4.57 Å². The molecule has 0 amide bonds. The van der Waals surface area contributed by atoms with Gasteiger partial charge >= 0.3 is 55.2 Å². The standard InChI is InChI=1S/C16H18F17O3P/c17-9(18,7-5-3-1-2-4-6-8-37(34,35)36)10(19,20)11(21,22)12(23,24)13(25,26)14(27,28)15(29,30)16(31,32)33/h1-8H2,(H2,34,35,36). The van der Waals surface area contributed by atoms with Crippen molar-refractivity contribution < 1.29 is 89.0 Å². The minimum atomic E-state index is -8.63. The fourth-order valence-electron chi connectivity index (χ4n) is 2.73. The number of rotatable bonds is 15. The molecule has 0 aliphatic rings. The molecule has 0 heterocycles. The van der Waals surface area contributed by atoms with E-state index < -0.39 is 80.7 Å². The summed E-state index contributed by atoms with van der Waals surface area (Å²) >= 11 is 0. The fourth-order valence-corrected chi connectivity index (χ4v) is 3.36. The maximum Gasteiger partial charge on any atom is 0.460 e. The Labute approximate surface area is 196 Å². The van der Waals surface area contributed by atoms with Crippen LogP contribution in [0.1, 0.15) is 44.9 Å². The van der Waals surface area contributed by atoms with E-state index in [2.05, 4.69) is 0 Å². The van der Waals surface area contributed by atoms with Crippen LogP contribution in [0, 0.1) is 0 Å². The molecule has 0 bridgehead atoms. The second-order valence-electron chi connectivity index (χ2n) is 7.91. The zero-order chi connectivity index (χ0) is 30.2. The van der Waals surface area contributed by atoms with Gasteiger partial charge in [0, 0.05) is 12.6 Å². The summed E-state index contributed by atoms with van der Waals surface area (Å²) < 4.78 is 234. The predicted molar refractivity (Wildman–Crippen MR) is 89.9 cm³/mol. The summed E-state index contributed by atoms with van der Waals surface area (Å²) in [5, 5.41) is 0. The topological polar surface area (TPSA) is 57.5 Å². The highest BCUT2D eigenvalue weighted by atomic mass is 31.2. The zero-order valence-electron chi connectivity index (χ0n) is 17.8. The molecule has 0 aliphatic carbocycles. The molecule has 0 spiro atoms. The van der Waals surface area contributed by atoms with Crippen LogP contribution in [0.15, 0.2) is 0 Å². The Morgan fingerprint density at radius 2 is 0.730 bits per heavy atom. The minimum Gasteiger partial charge on any atom is -0.324 e. The van der Waals surface area contributed by atoms with Crippen molar-refractivity contribution in [2.24, 2.45) is 0 Å². The van der Waals surface area contributed by atoms with E-state index in [1.807, 2.05) is 0 Å². The van der Waals surface area contributed by atoms with Gasteiger partial charge < -0.3 is 9.79 Å². The monoisotopic (exact) mass is 612 g/mol. The number of halogens is 17. The van der Waals surface area contributed by atoms with E-state index in [1.54, 1.807) is 0 Å². The summed E-state index contributed by atoms with van der Waals surface area (Å²) in [5.41, 5.74) is 0. The molecule has 224 valence electrons. The number of alkyl halides is 17. The van der Waals surface area contributed by atoms with Crippen LogP contribution in [0.5, 0.6) is 0 Å². The largest absolute Gasteiger partial charge is 0.460 e. The van der Waals surface area contributed by atoms with Crippen LogP contribution < -0.4 is 0 Å². The third-order valence-corrected chi connectivity index (χ3v) is 5.88. The van der Waals surface area contributed by atoms with E-state index >= 15 is 0 Å². The molecule has 37 heavy (non-hydrogen) atoms. The Morgan fingerprint density at radius 3 is 1.08 bits per heavy atom. The summed E-state index contributed by atoms with van der Waals surface area (Å²) in [7, 11) is -4.35. The average Bonchev–Trinajstić information content (AvgIpc) is 2.67. The molecule has 21 heteroatoms. The summed E-state index contributed by atoms with van der Waals surface area (Å²) in [6.45, 7) is 0. The summed E-state index contributed by atoms with van der Waals surface area (Å²) in [5.74, 6) is -56.2. The molecule has 0 saturated carbocycles. The second-order valence-corrected chi connectivity index (χ2v) is 9.68. The van der Waals surface area contributed by atoms with E-state index in [4.69, 9.17) is 9.79 Å². The molecule has 3 nitrogen and oxygen atoms in total. The van der Waals surface area contributed by atoms with Crippen LogP contribution in [0.25, 0.3) is 0 Å². The molecular weight excluding hydrogens is 594 g/mol. The van der Waals surface area contributed by atoms with Gasteiger partial charge in [0.1, 0.15) is 0 Å². The molecule has 0 unspecified atom stereocenters. The summed E-state index contributed by atoms with van der Waals surface area (Å²) in [6, 6.07) is 0. The molecular formula is C16H18F17O3P. The third-order valence-electron chi connectivity index (χ3n) is 4.98. The van der Waals surface area contributed by atoms with Gasteiger partial charge in [0.25, 0.3) is 0 Å². The SMILES string of the molecule is O=P(O)(O)CCCCCCCCC(F)(F)C(F)(F)C(F)(F)C(F)(F)C(F)(F)C(F)(F)C(F)(F)C(F)(F)F. The van der Waals surface area contributed by atoms with Crippen molar-refractivity contribution in [3.05, 3.63) is 0 Å². The lowest BCUT2D eigenvalue weighted by Crippen LogP contribution is -2.74. The molecule has 0 fully saturated rings. The van der Waals surface area contributed by atoms with E-state index in [-0.39, 0.29) is 25.7 Å². The van der Waals surface area contributed by atoms with E-state index in [0.29, 0.717) is 0 Å². The van der Waals surface area contributed by atoms with Crippen molar-refractivity contribution in [3.8, 4) is 0 Å². The van der Waals surface area contributed by atoms with E-state index in [0.717, 1.165) is 0 Å². The Kier molecular flexibility index (Phi) is 10.5. The van der Waals surface area contributed by atoms with Crippen molar-refractivity contribution in [2.75, 3.05) is 6.16 Å². The summed E-state index contributed by atoms with van der Waals surface area (Å²) in [6.07, 6.45) is -12.7. The Bertz CT molecular complexity index is 803. The lowest BCUT2D eigenvalue weighted by Gasteiger charge is -2.42. The first-order valence-electron chi connectivity index (χ1n) is 9.72. The first-order valence-corrected chi connectivity index (χ1v) is 11.5. The smallest absolute Gasteiger partial charge is 0.324 e. The molecule has 0 saturated heterocycles. The average molecular weight is 612 g/mol. The number of hydrogen-bond donors (Lipinski definition) is 2. The molecule has 0 aromatic rings. The number of unbranched alkanes of at least 4 members (excludes halogenated alkanes) is 5. The van der Waals surface area contributed by atoms with Crippen molar-refractivity contribution >= 4 is 7.60 Å². The van der Waals surface area contributed by atoms with Gasteiger partial charge in [-0.05, 0) is 12.8 Å². The van der Waals surface area contributed by atoms with Crippen LogP contribution in [0.4, 0.5) is 74.6 Å². The highest BCUT2D eigenvalue weighted by molar-refractivity contribution is 7.51. The van der Waals surface area contributed by atoms with Gasteiger partial charge in [0.15, 0.2) is 0 Å². The lowest BCUT2D eigenvalue weighted by molar-refractivity contribution is -0.461. The van der Waals surface area contributed by atoms with Gasteiger partial charge in [0.05, 0.1) is 0 Å². The predicted octanol–water partition coefficient (Wildman–Crippen LogP) is 7.90. The third kappa shape index (κ3) is 6.76. The van der Waals surface area contributed by atoms with Crippen LogP contribution >= 0.6 is 7.60 Å². The Balaban J connectivity index is 5.69. The van der Waals surface area contributed by atoms with Crippen molar-refractivity contribution in [3.63, 3.8) is 0 Å². The van der Waals surface area contributed by atoms with Gasteiger partial charge in [0.2, 0.25) is 0 Å². The van der Waals surface area contributed by atoms with Gasteiger partial charge in [-0.15, -0.1) is 0 Å². The van der Waals surface area contributed by atoms with E-state index in [9.17, 15) is 79.2 Å². The van der Waals surface area contributed by atoms with Crippen molar-refractivity contribution in [1.82, 2.24) is 0 Å². The van der Waals surface area contributed by atoms with Gasteiger partial charge in [-0.1, -0.05) is 25.7 Å². The van der Waals surface area contributed by atoms with Gasteiger partial charge in [-0.25, -0.2) is 0 Å². The van der Waals surface area contributed by atoms with Crippen molar-refractivity contribution in [1.29, 1.82) is 0 Å². The quantitative estimate of drug-likeness (QED) is 0.112.